The first kappa shape index (κ1) is 7.66. The predicted molar refractivity (Wildman–Crippen MR) is 41.0 cm³/mol. The molecule has 0 aliphatic carbocycles. The zero-order valence-electron chi connectivity index (χ0n) is 6.62. The van der Waals surface area contributed by atoms with Gasteiger partial charge in [-0.15, -0.1) is 0 Å². The van der Waals surface area contributed by atoms with E-state index in [4.69, 9.17) is 4.52 Å². The van der Waals surface area contributed by atoms with Crippen LogP contribution in [0.25, 0.3) is 0 Å². The van der Waals surface area contributed by atoms with Crippen molar-refractivity contribution < 1.29 is 9.32 Å². The quantitative estimate of drug-likeness (QED) is 0.624. The van der Waals surface area contributed by atoms with Crippen molar-refractivity contribution in [1.29, 1.82) is 0 Å². The Morgan fingerprint density at radius 2 is 2.54 bits per heavy atom. The molecule has 0 saturated carbocycles. The fraction of sp³-hybridized carbons (Fsp3) is 0.143. The Kier molecular flexibility index (Phi) is 1.87. The van der Waals surface area contributed by atoms with Gasteiger partial charge in [-0.3, -0.25) is 9.48 Å². The SMILES string of the molecule is O=Cc1noc(Cn2cccn2)n1. The number of aldehydes is 1. The Bertz CT molecular complexity index is 392. The average Bonchev–Trinajstić information content (AvgIpc) is 2.76. The van der Waals surface area contributed by atoms with Gasteiger partial charge in [-0.2, -0.15) is 10.1 Å². The van der Waals surface area contributed by atoms with E-state index in [1.165, 1.54) is 0 Å². The van der Waals surface area contributed by atoms with Gasteiger partial charge >= 0.3 is 0 Å². The third-order valence-electron chi connectivity index (χ3n) is 1.45. The highest BCUT2D eigenvalue weighted by molar-refractivity contribution is 5.68. The van der Waals surface area contributed by atoms with Crippen LogP contribution in [0.5, 0.6) is 0 Å². The molecule has 66 valence electrons. The lowest BCUT2D eigenvalue weighted by Gasteiger charge is -1.92. The second kappa shape index (κ2) is 3.18. The van der Waals surface area contributed by atoms with E-state index in [2.05, 4.69) is 15.2 Å². The number of nitrogens with zero attached hydrogens (tertiary/aromatic N) is 4. The molecule has 0 fully saturated rings. The molecule has 0 aliphatic rings. The van der Waals surface area contributed by atoms with Crippen molar-refractivity contribution in [3.8, 4) is 0 Å². The van der Waals surface area contributed by atoms with Gasteiger partial charge in [0.15, 0.2) is 6.29 Å². The summed E-state index contributed by atoms with van der Waals surface area (Å²) in [5.74, 6) is 0.424. The first-order chi connectivity index (χ1) is 6.38. The van der Waals surface area contributed by atoms with E-state index < -0.39 is 0 Å². The maximum absolute atomic E-state index is 10.2. The molecule has 13 heavy (non-hydrogen) atoms. The summed E-state index contributed by atoms with van der Waals surface area (Å²) in [7, 11) is 0. The van der Waals surface area contributed by atoms with Crippen LogP contribution in [0.4, 0.5) is 0 Å². The van der Waals surface area contributed by atoms with Gasteiger partial charge in [0.2, 0.25) is 11.7 Å². The summed E-state index contributed by atoms with van der Waals surface area (Å²) in [4.78, 5) is 14.0. The third kappa shape index (κ3) is 1.61. The zero-order chi connectivity index (χ0) is 9.10. The zero-order valence-corrected chi connectivity index (χ0v) is 6.62. The summed E-state index contributed by atoms with van der Waals surface area (Å²) < 4.78 is 6.40. The molecule has 2 aromatic rings. The van der Waals surface area contributed by atoms with Gasteiger partial charge in [-0.1, -0.05) is 5.16 Å². The highest BCUT2D eigenvalue weighted by atomic mass is 16.5. The Labute approximate surface area is 73.2 Å². The van der Waals surface area contributed by atoms with Crippen LogP contribution in [0.15, 0.2) is 23.0 Å². The molecule has 0 aliphatic heterocycles. The molecular formula is C7H6N4O2. The Balaban J connectivity index is 2.14. The van der Waals surface area contributed by atoms with Crippen LogP contribution in [-0.2, 0) is 6.54 Å². The van der Waals surface area contributed by atoms with E-state index in [0.29, 0.717) is 18.7 Å². The highest BCUT2D eigenvalue weighted by Crippen LogP contribution is 1.97. The van der Waals surface area contributed by atoms with E-state index in [1.54, 1.807) is 23.1 Å². The number of rotatable bonds is 3. The second-order valence-electron chi connectivity index (χ2n) is 2.37. The van der Waals surface area contributed by atoms with Crippen LogP contribution in [0.1, 0.15) is 16.5 Å². The fourth-order valence-corrected chi connectivity index (χ4v) is 0.913. The number of hydrogen-bond donors (Lipinski definition) is 0. The molecule has 0 spiro atoms. The molecule has 0 saturated heterocycles. The molecule has 0 radical (unpaired) electrons. The van der Waals surface area contributed by atoms with Crippen molar-refractivity contribution in [1.82, 2.24) is 19.9 Å². The molecule has 6 heteroatoms. The molecule has 2 rings (SSSR count). The lowest BCUT2D eigenvalue weighted by Crippen LogP contribution is -1.99. The molecule has 6 nitrogen and oxygen atoms in total. The number of aromatic nitrogens is 4. The number of carbonyl (C=O) groups is 1. The smallest absolute Gasteiger partial charge is 0.248 e. The summed E-state index contributed by atoms with van der Waals surface area (Å²) in [6.07, 6.45) is 3.96. The van der Waals surface area contributed by atoms with Gasteiger partial charge in [0, 0.05) is 12.4 Å². The van der Waals surface area contributed by atoms with Gasteiger partial charge in [0.05, 0.1) is 0 Å². The first-order valence-corrected chi connectivity index (χ1v) is 3.63. The normalized spacial score (nSPS) is 10.2. The van der Waals surface area contributed by atoms with Crippen molar-refractivity contribution in [3.05, 3.63) is 30.2 Å². The van der Waals surface area contributed by atoms with Crippen LogP contribution in [0, 0.1) is 0 Å². The summed E-state index contributed by atoms with van der Waals surface area (Å²) >= 11 is 0. The van der Waals surface area contributed by atoms with E-state index in [-0.39, 0.29) is 5.82 Å². The maximum atomic E-state index is 10.2. The van der Waals surface area contributed by atoms with E-state index in [1.807, 2.05) is 0 Å². The standard InChI is InChI=1S/C7H6N4O2/c12-5-6-9-7(13-10-6)4-11-3-1-2-8-11/h1-3,5H,4H2. The fourth-order valence-electron chi connectivity index (χ4n) is 0.913. The molecule has 0 amide bonds. The molecule has 0 N–H and O–H groups in total. The van der Waals surface area contributed by atoms with Crippen molar-refractivity contribution >= 4 is 6.29 Å². The average molecular weight is 178 g/mol. The topological polar surface area (TPSA) is 73.8 Å². The van der Waals surface area contributed by atoms with E-state index >= 15 is 0 Å². The molecular weight excluding hydrogens is 172 g/mol. The van der Waals surface area contributed by atoms with E-state index in [0.717, 1.165) is 0 Å². The molecule has 2 heterocycles. The molecule has 2 aromatic heterocycles. The van der Waals surface area contributed by atoms with Gasteiger partial charge in [-0.05, 0) is 6.07 Å². The highest BCUT2D eigenvalue weighted by Gasteiger charge is 2.04. The van der Waals surface area contributed by atoms with Crippen LogP contribution in [0.3, 0.4) is 0 Å². The molecule has 0 atom stereocenters. The predicted octanol–water partition coefficient (Wildman–Crippen LogP) is 0.127. The second-order valence-corrected chi connectivity index (χ2v) is 2.37. The first-order valence-electron chi connectivity index (χ1n) is 3.63. The van der Waals surface area contributed by atoms with Crippen LogP contribution < -0.4 is 0 Å². The summed E-state index contributed by atoms with van der Waals surface area (Å²) in [5, 5.41) is 7.37. The van der Waals surface area contributed by atoms with Gasteiger partial charge < -0.3 is 4.52 Å². The summed E-state index contributed by atoms with van der Waals surface area (Å²) in [5.41, 5.74) is 0. The van der Waals surface area contributed by atoms with Gasteiger partial charge in [0.25, 0.3) is 0 Å². The van der Waals surface area contributed by atoms with Crippen LogP contribution >= 0.6 is 0 Å². The van der Waals surface area contributed by atoms with Crippen molar-refractivity contribution in [2.75, 3.05) is 0 Å². The third-order valence-corrected chi connectivity index (χ3v) is 1.45. The number of hydrogen-bond acceptors (Lipinski definition) is 5. The minimum Gasteiger partial charge on any atom is -0.337 e. The Morgan fingerprint density at radius 1 is 1.62 bits per heavy atom. The molecule has 0 aromatic carbocycles. The molecule has 0 bridgehead atoms. The van der Waals surface area contributed by atoms with Crippen LogP contribution in [-0.4, -0.2) is 26.2 Å². The van der Waals surface area contributed by atoms with Gasteiger partial charge in [0.1, 0.15) is 6.54 Å². The Morgan fingerprint density at radius 3 is 3.15 bits per heavy atom. The van der Waals surface area contributed by atoms with E-state index in [9.17, 15) is 4.79 Å². The monoisotopic (exact) mass is 178 g/mol. The largest absolute Gasteiger partial charge is 0.337 e. The number of carbonyl (C=O) groups excluding carboxylic acids is 1. The Hall–Kier alpha value is -1.98. The van der Waals surface area contributed by atoms with Crippen LogP contribution in [0.2, 0.25) is 0 Å². The van der Waals surface area contributed by atoms with Gasteiger partial charge in [-0.25, -0.2) is 0 Å². The lowest BCUT2D eigenvalue weighted by molar-refractivity contribution is 0.111. The summed E-state index contributed by atoms with van der Waals surface area (Å²) in [6.45, 7) is 0.383. The molecule has 0 unspecified atom stereocenters. The van der Waals surface area contributed by atoms with Crippen molar-refractivity contribution in [2.24, 2.45) is 0 Å². The lowest BCUT2D eigenvalue weighted by atomic mass is 10.6. The van der Waals surface area contributed by atoms with Crippen molar-refractivity contribution in [3.63, 3.8) is 0 Å². The van der Waals surface area contributed by atoms with Crippen molar-refractivity contribution in [2.45, 2.75) is 6.54 Å². The minimum atomic E-state index is 0.0576. The summed E-state index contributed by atoms with van der Waals surface area (Å²) in [6, 6.07) is 1.79. The minimum absolute atomic E-state index is 0.0576. The maximum Gasteiger partial charge on any atom is 0.248 e.